The molecule has 0 amide bonds. The zero-order valence-corrected chi connectivity index (χ0v) is 10.7. The van der Waals surface area contributed by atoms with Crippen LogP contribution in [0.5, 0.6) is 0 Å². The highest BCUT2D eigenvalue weighted by atomic mass is 32.1. The van der Waals surface area contributed by atoms with E-state index in [9.17, 15) is 0 Å². The summed E-state index contributed by atoms with van der Waals surface area (Å²) in [6.45, 7) is 9.09. The van der Waals surface area contributed by atoms with Gasteiger partial charge in [0.15, 0.2) is 0 Å². The fourth-order valence-electron chi connectivity index (χ4n) is 2.54. The van der Waals surface area contributed by atoms with Crippen molar-refractivity contribution in [2.75, 3.05) is 13.1 Å². The van der Waals surface area contributed by atoms with Crippen LogP contribution in [0.1, 0.15) is 30.2 Å². The molecule has 15 heavy (non-hydrogen) atoms. The largest absolute Gasteiger partial charge is 0.316 e. The molecular formula is C12H20N2S. The Hall–Kier alpha value is -0.410. The Morgan fingerprint density at radius 3 is 2.67 bits per heavy atom. The monoisotopic (exact) mass is 224 g/mol. The molecule has 1 saturated heterocycles. The maximum Gasteiger partial charge on any atom is 0.0896 e. The molecule has 0 unspecified atom stereocenters. The molecule has 2 rings (SSSR count). The minimum atomic E-state index is 0.521. The molecule has 0 radical (unpaired) electrons. The predicted octanol–water partition coefficient (Wildman–Crippen LogP) is 2.63. The third-order valence-electron chi connectivity index (χ3n) is 3.06. The quantitative estimate of drug-likeness (QED) is 0.850. The van der Waals surface area contributed by atoms with Gasteiger partial charge >= 0.3 is 0 Å². The molecule has 0 spiro atoms. The van der Waals surface area contributed by atoms with Crippen LogP contribution in [0.4, 0.5) is 0 Å². The van der Waals surface area contributed by atoms with Crippen molar-refractivity contribution in [3.63, 3.8) is 0 Å². The van der Waals surface area contributed by atoms with E-state index >= 15 is 0 Å². The standard InChI is InChI=1S/C12H20N2S/c1-9(2)4-12(7-13-8-12)5-11-6-14-10(3)15-11/h6,9,13H,4-5,7-8H2,1-3H3. The van der Waals surface area contributed by atoms with Gasteiger partial charge in [0.2, 0.25) is 0 Å². The second kappa shape index (κ2) is 4.22. The second-order valence-corrected chi connectivity index (χ2v) is 6.54. The lowest BCUT2D eigenvalue weighted by molar-refractivity contribution is 0.132. The van der Waals surface area contributed by atoms with Gasteiger partial charge in [-0.15, -0.1) is 11.3 Å². The molecule has 84 valence electrons. The van der Waals surface area contributed by atoms with Crippen molar-refractivity contribution in [2.24, 2.45) is 11.3 Å². The van der Waals surface area contributed by atoms with Gasteiger partial charge in [-0.3, -0.25) is 0 Å². The summed E-state index contributed by atoms with van der Waals surface area (Å²) in [7, 11) is 0. The number of hydrogen-bond acceptors (Lipinski definition) is 3. The minimum Gasteiger partial charge on any atom is -0.316 e. The summed E-state index contributed by atoms with van der Waals surface area (Å²) in [6.07, 6.45) is 4.60. The van der Waals surface area contributed by atoms with Crippen molar-refractivity contribution >= 4 is 11.3 Å². The molecule has 3 heteroatoms. The van der Waals surface area contributed by atoms with Gasteiger partial charge in [0.25, 0.3) is 0 Å². The maximum absolute atomic E-state index is 4.34. The van der Waals surface area contributed by atoms with Gasteiger partial charge < -0.3 is 5.32 Å². The van der Waals surface area contributed by atoms with Gasteiger partial charge in [-0.05, 0) is 25.7 Å². The van der Waals surface area contributed by atoms with Crippen LogP contribution in [-0.2, 0) is 6.42 Å². The molecule has 1 N–H and O–H groups in total. The van der Waals surface area contributed by atoms with Crippen LogP contribution in [0, 0.1) is 18.3 Å². The molecule has 1 aromatic rings. The van der Waals surface area contributed by atoms with Crippen molar-refractivity contribution in [3.05, 3.63) is 16.1 Å². The Kier molecular flexibility index (Phi) is 3.12. The van der Waals surface area contributed by atoms with Crippen LogP contribution >= 0.6 is 11.3 Å². The SMILES string of the molecule is Cc1ncc(CC2(CC(C)C)CNC2)s1. The molecule has 2 nitrogen and oxygen atoms in total. The molecule has 1 fully saturated rings. The zero-order valence-electron chi connectivity index (χ0n) is 9.84. The van der Waals surface area contributed by atoms with Crippen LogP contribution in [0.3, 0.4) is 0 Å². The topological polar surface area (TPSA) is 24.9 Å². The summed E-state index contributed by atoms with van der Waals surface area (Å²) >= 11 is 1.85. The lowest BCUT2D eigenvalue weighted by Crippen LogP contribution is -2.55. The summed E-state index contributed by atoms with van der Waals surface area (Å²) in [5.74, 6) is 0.793. The average molecular weight is 224 g/mol. The van der Waals surface area contributed by atoms with Gasteiger partial charge in [-0.2, -0.15) is 0 Å². The molecule has 0 saturated carbocycles. The Bertz CT molecular complexity index is 326. The lowest BCUT2D eigenvalue weighted by Gasteiger charge is -2.44. The van der Waals surface area contributed by atoms with Gasteiger partial charge in [-0.25, -0.2) is 4.98 Å². The third kappa shape index (κ3) is 2.58. The van der Waals surface area contributed by atoms with E-state index in [4.69, 9.17) is 0 Å². The van der Waals surface area contributed by atoms with E-state index in [1.54, 1.807) is 0 Å². The highest BCUT2D eigenvalue weighted by Gasteiger charge is 2.37. The second-order valence-electron chi connectivity index (χ2n) is 5.22. The first-order valence-electron chi connectivity index (χ1n) is 5.72. The van der Waals surface area contributed by atoms with Crippen molar-refractivity contribution in [1.82, 2.24) is 10.3 Å². The van der Waals surface area contributed by atoms with Crippen LogP contribution in [0.15, 0.2) is 6.20 Å². The lowest BCUT2D eigenvalue weighted by atomic mass is 9.72. The van der Waals surface area contributed by atoms with Crippen molar-refractivity contribution in [3.8, 4) is 0 Å². The number of aryl methyl sites for hydroxylation is 1. The normalized spacial score (nSPS) is 19.2. The van der Waals surface area contributed by atoms with Crippen molar-refractivity contribution in [2.45, 2.75) is 33.6 Å². The zero-order chi connectivity index (χ0) is 10.9. The molecular weight excluding hydrogens is 204 g/mol. The van der Waals surface area contributed by atoms with Crippen molar-refractivity contribution in [1.29, 1.82) is 0 Å². The highest BCUT2D eigenvalue weighted by Crippen LogP contribution is 2.35. The van der Waals surface area contributed by atoms with Gasteiger partial charge in [0, 0.05) is 29.6 Å². The van der Waals surface area contributed by atoms with E-state index in [0.717, 1.165) is 5.92 Å². The molecule has 2 heterocycles. The average Bonchev–Trinajstić information content (AvgIpc) is 2.46. The first-order valence-corrected chi connectivity index (χ1v) is 6.53. The van der Waals surface area contributed by atoms with E-state index in [1.807, 2.05) is 11.3 Å². The summed E-state index contributed by atoms with van der Waals surface area (Å²) in [4.78, 5) is 5.79. The highest BCUT2D eigenvalue weighted by molar-refractivity contribution is 7.11. The van der Waals surface area contributed by atoms with Gasteiger partial charge in [-0.1, -0.05) is 13.8 Å². The number of rotatable bonds is 4. The number of hydrogen-bond donors (Lipinski definition) is 1. The number of nitrogens with one attached hydrogen (secondary N) is 1. The van der Waals surface area contributed by atoms with E-state index in [1.165, 1.54) is 35.8 Å². The molecule has 0 aromatic carbocycles. The summed E-state index contributed by atoms with van der Waals surface area (Å²) < 4.78 is 0. The predicted molar refractivity (Wildman–Crippen MR) is 65.3 cm³/mol. The molecule has 0 aliphatic carbocycles. The molecule has 1 aliphatic rings. The molecule has 0 atom stereocenters. The Labute approximate surface area is 96.1 Å². The molecule has 1 aromatic heterocycles. The first kappa shape index (κ1) is 11.1. The number of thiazole rings is 1. The fourth-order valence-corrected chi connectivity index (χ4v) is 3.51. The molecule has 0 bridgehead atoms. The fraction of sp³-hybridized carbons (Fsp3) is 0.750. The van der Waals surface area contributed by atoms with E-state index in [2.05, 4.69) is 37.3 Å². The van der Waals surface area contributed by atoms with Gasteiger partial charge in [0.05, 0.1) is 5.01 Å². The summed E-state index contributed by atoms with van der Waals surface area (Å²) in [5, 5.41) is 4.61. The summed E-state index contributed by atoms with van der Waals surface area (Å²) in [6, 6.07) is 0. The Morgan fingerprint density at radius 1 is 1.53 bits per heavy atom. The number of aromatic nitrogens is 1. The Balaban J connectivity index is 2.01. The van der Waals surface area contributed by atoms with Gasteiger partial charge in [0.1, 0.15) is 0 Å². The Morgan fingerprint density at radius 2 is 2.27 bits per heavy atom. The smallest absolute Gasteiger partial charge is 0.0896 e. The third-order valence-corrected chi connectivity index (χ3v) is 3.97. The van der Waals surface area contributed by atoms with E-state index in [0.29, 0.717) is 5.41 Å². The number of nitrogens with zero attached hydrogens (tertiary/aromatic N) is 1. The molecule has 1 aliphatic heterocycles. The van der Waals surface area contributed by atoms with Crippen LogP contribution < -0.4 is 5.32 Å². The van der Waals surface area contributed by atoms with E-state index < -0.39 is 0 Å². The minimum absolute atomic E-state index is 0.521. The van der Waals surface area contributed by atoms with Crippen LogP contribution in [-0.4, -0.2) is 18.1 Å². The van der Waals surface area contributed by atoms with Crippen molar-refractivity contribution < 1.29 is 0 Å². The maximum atomic E-state index is 4.34. The van der Waals surface area contributed by atoms with Crippen LogP contribution in [0.2, 0.25) is 0 Å². The first-order chi connectivity index (χ1) is 7.10. The van der Waals surface area contributed by atoms with Crippen LogP contribution in [0.25, 0.3) is 0 Å². The van der Waals surface area contributed by atoms with E-state index in [-0.39, 0.29) is 0 Å². The summed E-state index contributed by atoms with van der Waals surface area (Å²) in [5.41, 5.74) is 0.521.